The Morgan fingerprint density at radius 3 is 2.43 bits per heavy atom. The molecule has 1 amide bonds. The summed E-state index contributed by atoms with van der Waals surface area (Å²) in [5.74, 6) is 0.129. The highest BCUT2D eigenvalue weighted by atomic mass is 16.6. The molecule has 0 saturated carbocycles. The summed E-state index contributed by atoms with van der Waals surface area (Å²) >= 11 is 0. The summed E-state index contributed by atoms with van der Waals surface area (Å²) in [6.45, 7) is 8.38. The van der Waals surface area contributed by atoms with Crippen molar-refractivity contribution in [1.29, 1.82) is 0 Å². The second kappa shape index (κ2) is 7.12. The minimum absolute atomic E-state index is 0.0515. The van der Waals surface area contributed by atoms with Gasteiger partial charge in [0.2, 0.25) is 0 Å². The van der Waals surface area contributed by atoms with Gasteiger partial charge in [-0.15, -0.1) is 0 Å². The number of hydrogen-bond donors (Lipinski definition) is 1. The second-order valence-electron chi connectivity index (χ2n) is 9.73. The Hall–Kier alpha value is -1.43. The molecule has 28 heavy (non-hydrogen) atoms. The van der Waals surface area contributed by atoms with Crippen molar-refractivity contribution in [3.63, 3.8) is 0 Å². The van der Waals surface area contributed by atoms with Crippen molar-refractivity contribution >= 4 is 5.91 Å². The lowest BCUT2D eigenvalue weighted by atomic mass is 9.73. The molecule has 0 aliphatic carbocycles. The molecule has 0 unspecified atom stereocenters. The maximum absolute atomic E-state index is 12.7. The normalized spacial score (nSPS) is 34.5. The summed E-state index contributed by atoms with van der Waals surface area (Å²) in [4.78, 5) is 14.7. The first-order chi connectivity index (χ1) is 13.2. The van der Waals surface area contributed by atoms with E-state index in [9.17, 15) is 9.90 Å². The van der Waals surface area contributed by atoms with E-state index in [0.29, 0.717) is 0 Å². The number of hydrogen-bond acceptors (Lipinski definition) is 4. The molecule has 3 atom stereocenters. The molecular weight excluding hydrogens is 354 g/mol. The average Bonchev–Trinajstić information content (AvgIpc) is 3.10. The number of carbonyl (C=O) groups excluding carboxylic acids is 1. The number of nitrogens with zero attached hydrogens (tertiary/aromatic N) is 1. The Morgan fingerprint density at radius 1 is 1.11 bits per heavy atom. The van der Waals surface area contributed by atoms with Crippen molar-refractivity contribution in [3.05, 3.63) is 35.9 Å². The predicted octanol–water partition coefficient (Wildman–Crippen LogP) is 3.41. The molecular formula is C23H33NO4. The van der Waals surface area contributed by atoms with E-state index in [0.717, 1.165) is 57.4 Å². The zero-order valence-electron chi connectivity index (χ0n) is 17.3. The van der Waals surface area contributed by atoms with Crippen LogP contribution >= 0.6 is 0 Å². The molecule has 1 aromatic carbocycles. The van der Waals surface area contributed by atoms with Gasteiger partial charge in [0.25, 0.3) is 5.91 Å². The van der Waals surface area contributed by atoms with Crippen LogP contribution in [0.3, 0.4) is 0 Å². The lowest BCUT2D eigenvalue weighted by molar-refractivity contribution is -0.245. The Labute approximate surface area is 168 Å². The number of ether oxygens (including phenoxy) is 2. The van der Waals surface area contributed by atoms with Gasteiger partial charge in [-0.2, -0.15) is 0 Å². The van der Waals surface area contributed by atoms with E-state index < -0.39 is 11.7 Å². The standard InChI is InChI=1S/C23H33NO4/c1-21(2)18(25)9-10-22(3,28-21)19-15-23(16-27-19)11-13-24(14-12-23)20(26)17-7-5-4-6-8-17/h4-8,18-19,25H,9-16H2,1-3H3/t18-,19+,22+/m0/s1. The maximum Gasteiger partial charge on any atom is 0.253 e. The monoisotopic (exact) mass is 387 g/mol. The van der Waals surface area contributed by atoms with Crippen molar-refractivity contribution in [2.24, 2.45) is 5.41 Å². The molecule has 154 valence electrons. The van der Waals surface area contributed by atoms with Crippen molar-refractivity contribution in [1.82, 2.24) is 4.90 Å². The van der Waals surface area contributed by atoms with Crippen molar-refractivity contribution in [2.75, 3.05) is 19.7 Å². The fraction of sp³-hybridized carbons (Fsp3) is 0.696. The first kappa shape index (κ1) is 19.9. The van der Waals surface area contributed by atoms with E-state index in [-0.39, 0.29) is 23.0 Å². The van der Waals surface area contributed by atoms with Gasteiger partial charge in [-0.25, -0.2) is 0 Å². The van der Waals surface area contributed by atoms with Crippen molar-refractivity contribution in [2.45, 2.75) is 76.3 Å². The molecule has 4 rings (SSSR count). The molecule has 0 radical (unpaired) electrons. The van der Waals surface area contributed by atoms with Crippen LogP contribution in [-0.4, -0.2) is 59.0 Å². The number of piperidine rings is 1. The number of likely N-dealkylation sites (tertiary alicyclic amines) is 1. The highest BCUT2D eigenvalue weighted by Crippen LogP contribution is 2.49. The molecule has 5 heteroatoms. The summed E-state index contributed by atoms with van der Waals surface area (Å²) in [6.07, 6.45) is 4.11. The Balaban J connectivity index is 1.38. The van der Waals surface area contributed by atoms with Gasteiger partial charge < -0.3 is 19.5 Å². The predicted molar refractivity (Wildman–Crippen MR) is 107 cm³/mol. The number of benzene rings is 1. The molecule has 0 aromatic heterocycles. The van der Waals surface area contributed by atoms with Gasteiger partial charge in [-0.3, -0.25) is 4.79 Å². The maximum atomic E-state index is 12.7. The third kappa shape index (κ3) is 3.60. The second-order valence-corrected chi connectivity index (χ2v) is 9.73. The van der Waals surface area contributed by atoms with E-state index in [1.807, 2.05) is 49.1 Å². The largest absolute Gasteiger partial charge is 0.390 e. The number of aliphatic hydroxyl groups is 1. The van der Waals surface area contributed by atoms with Crippen LogP contribution in [-0.2, 0) is 9.47 Å². The minimum atomic E-state index is -0.544. The number of rotatable bonds is 2. The molecule has 1 N–H and O–H groups in total. The smallest absolute Gasteiger partial charge is 0.253 e. The summed E-state index contributed by atoms with van der Waals surface area (Å²) in [5.41, 5.74) is 0.00816. The first-order valence-electron chi connectivity index (χ1n) is 10.6. The van der Waals surface area contributed by atoms with Crippen molar-refractivity contribution < 1.29 is 19.4 Å². The van der Waals surface area contributed by atoms with Crippen LogP contribution in [0.1, 0.15) is 63.2 Å². The molecule has 3 aliphatic rings. The van der Waals surface area contributed by atoms with E-state index in [1.54, 1.807) is 0 Å². The van der Waals surface area contributed by atoms with Crippen LogP contribution in [0, 0.1) is 5.41 Å². The summed E-state index contributed by atoms with van der Waals surface area (Å²) in [7, 11) is 0. The average molecular weight is 388 g/mol. The van der Waals surface area contributed by atoms with Gasteiger partial charge in [0, 0.05) is 18.7 Å². The van der Waals surface area contributed by atoms with Gasteiger partial charge in [0.05, 0.1) is 30.0 Å². The summed E-state index contributed by atoms with van der Waals surface area (Å²) in [5, 5.41) is 10.2. The number of amides is 1. The molecule has 3 fully saturated rings. The first-order valence-corrected chi connectivity index (χ1v) is 10.6. The molecule has 1 aromatic rings. The molecule has 3 aliphatic heterocycles. The SMILES string of the molecule is CC1(C)O[C@@](C)([C@H]2CC3(CCN(C(=O)c4ccccc4)CC3)CO2)CC[C@@H]1O. The van der Waals surface area contributed by atoms with Gasteiger partial charge in [0.1, 0.15) is 0 Å². The van der Waals surface area contributed by atoms with Crippen LogP contribution < -0.4 is 0 Å². The van der Waals surface area contributed by atoms with Crippen LogP contribution in [0.15, 0.2) is 30.3 Å². The lowest BCUT2D eigenvalue weighted by Crippen LogP contribution is -2.56. The third-order valence-corrected chi connectivity index (χ3v) is 7.24. The van der Waals surface area contributed by atoms with Crippen LogP contribution in [0.2, 0.25) is 0 Å². The highest BCUT2D eigenvalue weighted by Gasteiger charge is 2.53. The molecule has 5 nitrogen and oxygen atoms in total. The quantitative estimate of drug-likeness (QED) is 0.845. The Morgan fingerprint density at radius 2 is 1.79 bits per heavy atom. The lowest BCUT2D eigenvalue weighted by Gasteiger charge is -2.48. The Bertz CT molecular complexity index is 711. The molecule has 0 bridgehead atoms. The molecule has 3 heterocycles. The van der Waals surface area contributed by atoms with E-state index >= 15 is 0 Å². The summed E-state index contributed by atoms with van der Waals surface area (Å²) < 4.78 is 12.7. The topological polar surface area (TPSA) is 59.0 Å². The van der Waals surface area contributed by atoms with Crippen LogP contribution in [0.4, 0.5) is 0 Å². The zero-order chi connectivity index (χ0) is 20.0. The Kier molecular flexibility index (Phi) is 5.05. The van der Waals surface area contributed by atoms with Gasteiger partial charge in [-0.1, -0.05) is 18.2 Å². The van der Waals surface area contributed by atoms with E-state index in [1.165, 1.54) is 0 Å². The van der Waals surface area contributed by atoms with Gasteiger partial charge >= 0.3 is 0 Å². The van der Waals surface area contributed by atoms with Gasteiger partial charge in [-0.05, 0) is 70.4 Å². The van der Waals surface area contributed by atoms with E-state index in [4.69, 9.17) is 9.47 Å². The minimum Gasteiger partial charge on any atom is -0.390 e. The number of aliphatic hydroxyl groups excluding tert-OH is 1. The summed E-state index contributed by atoms with van der Waals surface area (Å²) in [6, 6.07) is 9.54. The van der Waals surface area contributed by atoms with Crippen LogP contribution in [0.5, 0.6) is 0 Å². The van der Waals surface area contributed by atoms with Gasteiger partial charge in [0.15, 0.2) is 0 Å². The number of carbonyl (C=O) groups is 1. The van der Waals surface area contributed by atoms with Crippen molar-refractivity contribution in [3.8, 4) is 0 Å². The molecule has 1 spiro atoms. The fourth-order valence-corrected chi connectivity index (χ4v) is 5.19. The third-order valence-electron chi connectivity index (χ3n) is 7.24. The van der Waals surface area contributed by atoms with Crippen LogP contribution in [0.25, 0.3) is 0 Å². The zero-order valence-corrected chi connectivity index (χ0v) is 17.3. The van der Waals surface area contributed by atoms with E-state index in [2.05, 4.69) is 6.92 Å². The fourth-order valence-electron chi connectivity index (χ4n) is 5.19. The molecule has 3 saturated heterocycles. The highest BCUT2D eigenvalue weighted by molar-refractivity contribution is 5.94.